The van der Waals surface area contributed by atoms with E-state index in [9.17, 15) is 9.59 Å². The van der Waals surface area contributed by atoms with Gasteiger partial charge in [0.15, 0.2) is 6.61 Å². The molecule has 0 aliphatic heterocycles. The Morgan fingerprint density at radius 1 is 0.935 bits per heavy atom. The lowest BCUT2D eigenvalue weighted by molar-refractivity contribution is -0.143. The minimum atomic E-state index is -0.580. The average Bonchev–Trinajstić information content (AvgIpc) is 2.77. The summed E-state index contributed by atoms with van der Waals surface area (Å²) in [5.74, 6) is 0.979. The van der Waals surface area contributed by atoms with Crippen molar-refractivity contribution in [3.63, 3.8) is 0 Å². The highest BCUT2D eigenvalue weighted by Crippen LogP contribution is 2.17. The third-order valence-corrected chi connectivity index (χ3v) is 5.02. The van der Waals surface area contributed by atoms with E-state index in [0.717, 1.165) is 17.7 Å². The number of aryl methyl sites for hydroxylation is 1. The second-order valence-corrected chi connectivity index (χ2v) is 7.74. The highest BCUT2D eigenvalue weighted by Gasteiger charge is 2.29. The number of carbonyl (C=O) groups excluding carboxylic acids is 2. The van der Waals surface area contributed by atoms with Crippen LogP contribution in [0.25, 0.3) is 0 Å². The molecule has 0 spiro atoms. The van der Waals surface area contributed by atoms with Crippen LogP contribution in [0, 0.1) is 0 Å². The van der Waals surface area contributed by atoms with Crippen molar-refractivity contribution in [2.24, 2.45) is 0 Å². The molecule has 1 atom stereocenters. The Hall–Kier alpha value is -3.02. The molecule has 31 heavy (non-hydrogen) atoms. The number of carbonyl (C=O) groups is 2. The van der Waals surface area contributed by atoms with Crippen LogP contribution in [0.4, 0.5) is 0 Å². The van der Waals surface area contributed by atoms with Crippen LogP contribution in [-0.4, -0.2) is 42.5 Å². The van der Waals surface area contributed by atoms with Gasteiger partial charge in [0.25, 0.3) is 5.91 Å². The Kier molecular flexibility index (Phi) is 9.38. The number of amides is 2. The molecule has 6 heteroatoms. The van der Waals surface area contributed by atoms with E-state index in [1.54, 1.807) is 12.0 Å². The summed E-state index contributed by atoms with van der Waals surface area (Å²) in [6, 6.07) is 14.6. The predicted molar refractivity (Wildman–Crippen MR) is 122 cm³/mol. The fraction of sp³-hybridized carbons (Fsp3) is 0.440. The monoisotopic (exact) mass is 426 g/mol. The minimum absolute atomic E-state index is 0.00665. The van der Waals surface area contributed by atoms with E-state index in [1.807, 2.05) is 69.3 Å². The number of rotatable bonds is 11. The van der Waals surface area contributed by atoms with Crippen LogP contribution in [0.1, 0.15) is 45.2 Å². The first-order chi connectivity index (χ1) is 14.9. The van der Waals surface area contributed by atoms with Gasteiger partial charge in [-0.3, -0.25) is 9.59 Å². The van der Waals surface area contributed by atoms with E-state index in [4.69, 9.17) is 9.47 Å². The Bertz CT molecular complexity index is 832. The van der Waals surface area contributed by atoms with Gasteiger partial charge in [-0.15, -0.1) is 0 Å². The lowest BCUT2D eigenvalue weighted by atomic mass is 10.1. The van der Waals surface area contributed by atoms with Gasteiger partial charge < -0.3 is 19.7 Å². The van der Waals surface area contributed by atoms with Gasteiger partial charge in [0, 0.05) is 12.6 Å². The molecule has 2 aromatic carbocycles. The zero-order chi connectivity index (χ0) is 22.8. The van der Waals surface area contributed by atoms with E-state index in [2.05, 4.69) is 12.2 Å². The smallest absolute Gasteiger partial charge is 0.261 e. The third-order valence-electron chi connectivity index (χ3n) is 5.02. The van der Waals surface area contributed by atoms with Crippen molar-refractivity contribution < 1.29 is 19.1 Å². The van der Waals surface area contributed by atoms with Crippen molar-refractivity contribution in [3.05, 3.63) is 59.7 Å². The van der Waals surface area contributed by atoms with Crippen LogP contribution < -0.4 is 14.8 Å². The summed E-state index contributed by atoms with van der Waals surface area (Å²) >= 11 is 0. The van der Waals surface area contributed by atoms with E-state index >= 15 is 0 Å². The Morgan fingerprint density at radius 3 is 2.03 bits per heavy atom. The van der Waals surface area contributed by atoms with Crippen LogP contribution in [-0.2, 0) is 22.6 Å². The molecular weight excluding hydrogens is 392 g/mol. The first-order valence-electron chi connectivity index (χ1n) is 10.8. The van der Waals surface area contributed by atoms with Crippen LogP contribution in [0.15, 0.2) is 48.5 Å². The number of hydrogen-bond acceptors (Lipinski definition) is 4. The third kappa shape index (κ3) is 7.31. The molecule has 0 heterocycles. The van der Waals surface area contributed by atoms with Crippen molar-refractivity contribution >= 4 is 11.8 Å². The average molecular weight is 427 g/mol. The lowest BCUT2D eigenvalue weighted by Crippen LogP contribution is -2.51. The topological polar surface area (TPSA) is 67.9 Å². The molecule has 2 rings (SSSR count). The Morgan fingerprint density at radius 2 is 1.52 bits per heavy atom. The second-order valence-electron chi connectivity index (χ2n) is 7.74. The van der Waals surface area contributed by atoms with Crippen LogP contribution in [0.2, 0.25) is 0 Å². The molecular formula is C25H34N2O4. The second kappa shape index (κ2) is 12.0. The quantitative estimate of drug-likeness (QED) is 0.590. The number of nitrogens with zero attached hydrogens (tertiary/aromatic N) is 1. The number of hydrogen-bond donors (Lipinski definition) is 1. The van der Waals surface area contributed by atoms with Crippen molar-refractivity contribution in [2.75, 3.05) is 13.7 Å². The summed E-state index contributed by atoms with van der Waals surface area (Å²) in [5, 5.41) is 2.93. The van der Waals surface area contributed by atoms with E-state index in [1.165, 1.54) is 5.56 Å². The summed E-state index contributed by atoms with van der Waals surface area (Å²) < 4.78 is 10.9. The molecule has 2 aromatic rings. The zero-order valence-corrected chi connectivity index (χ0v) is 19.2. The van der Waals surface area contributed by atoms with Crippen molar-refractivity contribution in [1.29, 1.82) is 0 Å². The summed E-state index contributed by atoms with van der Waals surface area (Å²) in [4.78, 5) is 27.6. The first kappa shape index (κ1) is 24.3. The molecule has 0 bridgehead atoms. The van der Waals surface area contributed by atoms with Gasteiger partial charge in [-0.05, 0) is 62.1 Å². The SMILES string of the molecule is CCc1ccc(OCC(=O)N(Cc2ccc(OC)cc2)C(CC)C(=O)NC(C)C)cc1. The van der Waals surface area contributed by atoms with Crippen LogP contribution in [0.3, 0.4) is 0 Å². The molecule has 1 N–H and O–H groups in total. The normalized spacial score (nSPS) is 11.7. The van der Waals surface area contributed by atoms with E-state index in [-0.39, 0.29) is 24.5 Å². The predicted octanol–water partition coefficient (Wildman–Crippen LogP) is 3.97. The summed E-state index contributed by atoms with van der Waals surface area (Å²) in [7, 11) is 1.61. The molecule has 0 saturated carbocycles. The van der Waals surface area contributed by atoms with Crippen LogP contribution >= 0.6 is 0 Å². The summed E-state index contributed by atoms with van der Waals surface area (Å²) in [6.45, 7) is 7.98. The van der Waals surface area contributed by atoms with Crippen LogP contribution in [0.5, 0.6) is 11.5 Å². The molecule has 168 valence electrons. The van der Waals surface area contributed by atoms with E-state index < -0.39 is 6.04 Å². The van der Waals surface area contributed by atoms with Crippen molar-refractivity contribution in [3.8, 4) is 11.5 Å². The van der Waals surface area contributed by atoms with Gasteiger partial charge >= 0.3 is 0 Å². The maximum Gasteiger partial charge on any atom is 0.261 e. The minimum Gasteiger partial charge on any atom is -0.497 e. The first-order valence-corrected chi connectivity index (χ1v) is 10.8. The maximum absolute atomic E-state index is 13.2. The fourth-order valence-electron chi connectivity index (χ4n) is 3.28. The highest BCUT2D eigenvalue weighted by molar-refractivity contribution is 5.88. The largest absolute Gasteiger partial charge is 0.497 e. The number of nitrogens with one attached hydrogen (secondary N) is 1. The summed E-state index contributed by atoms with van der Waals surface area (Å²) in [6.07, 6.45) is 1.45. The van der Waals surface area contributed by atoms with Gasteiger partial charge in [0.05, 0.1) is 7.11 Å². The number of methoxy groups -OCH3 is 1. The van der Waals surface area contributed by atoms with Gasteiger partial charge in [-0.2, -0.15) is 0 Å². The Balaban J connectivity index is 2.18. The summed E-state index contributed by atoms with van der Waals surface area (Å²) in [5.41, 5.74) is 2.12. The molecule has 1 unspecified atom stereocenters. The Labute approximate surface area is 185 Å². The molecule has 0 saturated heterocycles. The zero-order valence-electron chi connectivity index (χ0n) is 19.2. The standard InChI is InChI=1S/C25H34N2O4/c1-6-19-8-14-22(15-9-19)31-17-24(28)27(23(7-2)25(29)26-18(3)4)16-20-10-12-21(30-5)13-11-20/h8-15,18,23H,6-7,16-17H2,1-5H3,(H,26,29). The molecule has 6 nitrogen and oxygen atoms in total. The van der Waals surface area contributed by atoms with Gasteiger partial charge in [0.2, 0.25) is 5.91 Å². The molecule has 0 aromatic heterocycles. The van der Waals surface area contributed by atoms with Crippen molar-refractivity contribution in [2.45, 2.75) is 59.2 Å². The molecule has 2 amide bonds. The maximum atomic E-state index is 13.2. The lowest BCUT2D eigenvalue weighted by Gasteiger charge is -2.31. The molecule has 0 aliphatic rings. The van der Waals surface area contributed by atoms with Gasteiger partial charge in [-0.1, -0.05) is 38.1 Å². The number of ether oxygens (including phenoxy) is 2. The highest BCUT2D eigenvalue weighted by atomic mass is 16.5. The fourth-order valence-corrected chi connectivity index (χ4v) is 3.28. The molecule has 0 fully saturated rings. The number of benzene rings is 2. The van der Waals surface area contributed by atoms with Gasteiger partial charge in [-0.25, -0.2) is 0 Å². The molecule has 0 aliphatic carbocycles. The molecule has 0 radical (unpaired) electrons. The van der Waals surface area contributed by atoms with E-state index in [0.29, 0.717) is 18.7 Å². The van der Waals surface area contributed by atoms with Gasteiger partial charge in [0.1, 0.15) is 17.5 Å². The van der Waals surface area contributed by atoms with Crippen molar-refractivity contribution in [1.82, 2.24) is 10.2 Å².